The molecule has 0 spiro atoms. The number of carbonyl (C=O) groups excluding carboxylic acids is 1. The quantitative estimate of drug-likeness (QED) is 0.487. The molecule has 2 aromatic heterocycles. The van der Waals surface area contributed by atoms with Crippen LogP contribution in [0.3, 0.4) is 0 Å². The van der Waals surface area contributed by atoms with Gasteiger partial charge in [0.2, 0.25) is 0 Å². The monoisotopic (exact) mass is 464 g/mol. The van der Waals surface area contributed by atoms with Gasteiger partial charge in [-0.3, -0.25) is 9.78 Å². The molecule has 4 heterocycles. The summed E-state index contributed by atoms with van der Waals surface area (Å²) >= 11 is 0. The normalized spacial score (nSPS) is 24.4. The minimum absolute atomic E-state index is 0.0742. The predicted molar refractivity (Wildman–Crippen MR) is 123 cm³/mol. The average molecular weight is 464 g/mol. The van der Waals surface area contributed by atoms with E-state index in [1.165, 1.54) is 13.2 Å². The highest BCUT2D eigenvalue weighted by Gasteiger charge is 2.48. The van der Waals surface area contributed by atoms with Crippen LogP contribution in [0.25, 0.3) is 11.3 Å². The lowest BCUT2D eigenvalue weighted by molar-refractivity contribution is -0.152. The van der Waals surface area contributed by atoms with Gasteiger partial charge in [-0.25, -0.2) is 4.39 Å². The highest BCUT2D eigenvalue weighted by molar-refractivity contribution is 6.07. The molecule has 0 radical (unpaired) electrons. The predicted octanol–water partition coefficient (Wildman–Crippen LogP) is 4.13. The standard InChI is InChI=1S/C25H25FN4O4/c1-25(7-9-34-25)12-33-18-11-27-8-6-13(18)21-22(28-16-5-3-4-15(26)23(16)32-2)19-20(30-21)14-10-17(14)29-24(19)31/h3-6,8,11,14,17,28,30H,7,9-10,12H2,1-2H3,(H,29,31)/t14-,17?,25+/m0/s1. The Labute approximate surface area is 195 Å². The second kappa shape index (κ2) is 7.73. The fourth-order valence-corrected chi connectivity index (χ4v) is 4.72. The lowest BCUT2D eigenvalue weighted by atomic mass is 9.99. The van der Waals surface area contributed by atoms with Crippen molar-refractivity contribution in [1.82, 2.24) is 15.3 Å². The van der Waals surface area contributed by atoms with Gasteiger partial charge in [0.15, 0.2) is 11.6 Å². The first-order chi connectivity index (χ1) is 16.5. The Bertz CT molecular complexity index is 1290. The zero-order chi connectivity index (χ0) is 23.4. The second-order valence-electron chi connectivity index (χ2n) is 9.24. The maximum atomic E-state index is 14.4. The highest BCUT2D eigenvalue weighted by atomic mass is 19.1. The van der Waals surface area contributed by atoms with Gasteiger partial charge in [0, 0.05) is 35.8 Å². The van der Waals surface area contributed by atoms with E-state index in [1.807, 2.05) is 13.0 Å². The number of aromatic nitrogens is 2. The summed E-state index contributed by atoms with van der Waals surface area (Å²) in [5, 5.41) is 6.32. The number of benzene rings is 1. The number of pyridine rings is 1. The van der Waals surface area contributed by atoms with E-state index in [9.17, 15) is 9.18 Å². The molecule has 1 aromatic carbocycles. The van der Waals surface area contributed by atoms with E-state index >= 15 is 0 Å². The zero-order valence-electron chi connectivity index (χ0n) is 18.9. The van der Waals surface area contributed by atoms with Crippen molar-refractivity contribution in [2.45, 2.75) is 37.3 Å². The first kappa shape index (κ1) is 21.0. The number of anilines is 2. The number of carbonyl (C=O) groups is 1. The van der Waals surface area contributed by atoms with Gasteiger partial charge in [0.25, 0.3) is 5.91 Å². The number of methoxy groups -OCH3 is 1. The summed E-state index contributed by atoms with van der Waals surface area (Å²) in [4.78, 5) is 20.8. The smallest absolute Gasteiger partial charge is 0.255 e. The molecule has 0 bridgehead atoms. The Morgan fingerprint density at radius 3 is 2.97 bits per heavy atom. The molecule has 2 fully saturated rings. The zero-order valence-corrected chi connectivity index (χ0v) is 18.9. The largest absolute Gasteiger partial charge is 0.492 e. The third-order valence-electron chi connectivity index (χ3n) is 6.83. The third-order valence-corrected chi connectivity index (χ3v) is 6.83. The van der Waals surface area contributed by atoms with Gasteiger partial charge in [-0.05, 0) is 31.5 Å². The van der Waals surface area contributed by atoms with Crippen LogP contribution in [0, 0.1) is 5.82 Å². The van der Waals surface area contributed by atoms with Gasteiger partial charge in [-0.1, -0.05) is 6.07 Å². The van der Waals surface area contributed by atoms with Crippen LogP contribution in [0.2, 0.25) is 0 Å². The van der Waals surface area contributed by atoms with Crippen molar-refractivity contribution in [2.24, 2.45) is 0 Å². The van der Waals surface area contributed by atoms with Gasteiger partial charge in [0.1, 0.15) is 18.0 Å². The number of nitrogens with one attached hydrogen (secondary N) is 3. The van der Waals surface area contributed by atoms with Crippen LogP contribution in [0.4, 0.5) is 15.8 Å². The Morgan fingerprint density at radius 2 is 2.21 bits per heavy atom. The summed E-state index contributed by atoms with van der Waals surface area (Å²) in [6, 6.07) is 6.62. The molecule has 1 unspecified atom stereocenters. The third kappa shape index (κ3) is 3.38. The summed E-state index contributed by atoms with van der Waals surface area (Å²) < 4.78 is 31.5. The van der Waals surface area contributed by atoms with Gasteiger partial charge in [0.05, 0.1) is 42.5 Å². The number of ether oxygens (including phenoxy) is 3. The molecule has 34 heavy (non-hydrogen) atoms. The molecule has 1 aliphatic carbocycles. The Kier molecular flexibility index (Phi) is 4.77. The number of amides is 1. The van der Waals surface area contributed by atoms with E-state index in [4.69, 9.17) is 14.2 Å². The van der Waals surface area contributed by atoms with Crippen molar-refractivity contribution in [2.75, 3.05) is 25.6 Å². The van der Waals surface area contributed by atoms with Gasteiger partial charge in [-0.2, -0.15) is 0 Å². The Balaban J connectivity index is 1.46. The molecule has 9 heteroatoms. The van der Waals surface area contributed by atoms with Crippen LogP contribution in [0.5, 0.6) is 11.5 Å². The molecule has 1 saturated heterocycles. The topological polar surface area (TPSA) is 97.5 Å². The summed E-state index contributed by atoms with van der Waals surface area (Å²) in [6.45, 7) is 3.13. The first-order valence-corrected chi connectivity index (χ1v) is 11.3. The first-order valence-electron chi connectivity index (χ1n) is 11.3. The number of aromatic amines is 1. The summed E-state index contributed by atoms with van der Waals surface area (Å²) in [7, 11) is 1.41. The maximum absolute atomic E-state index is 14.4. The van der Waals surface area contributed by atoms with Crippen molar-refractivity contribution in [1.29, 1.82) is 0 Å². The number of nitrogens with zero attached hydrogens (tertiary/aromatic N) is 1. The number of fused-ring (bicyclic) bond motifs is 3. The molecule has 6 rings (SSSR count). The second-order valence-corrected chi connectivity index (χ2v) is 9.24. The molecule has 8 nitrogen and oxygen atoms in total. The lowest BCUT2D eigenvalue weighted by Crippen LogP contribution is -2.45. The molecule has 3 aromatic rings. The molecule has 3 atom stereocenters. The summed E-state index contributed by atoms with van der Waals surface area (Å²) in [5.41, 5.74) is 3.47. The van der Waals surface area contributed by atoms with E-state index in [0.717, 1.165) is 30.7 Å². The van der Waals surface area contributed by atoms with Crippen molar-refractivity contribution in [3.05, 3.63) is 53.7 Å². The fraction of sp³-hybridized carbons (Fsp3) is 0.360. The van der Waals surface area contributed by atoms with E-state index in [1.54, 1.807) is 24.5 Å². The van der Waals surface area contributed by atoms with E-state index < -0.39 is 5.82 Å². The molecular weight excluding hydrogens is 439 g/mol. The molecule has 176 valence electrons. The van der Waals surface area contributed by atoms with Crippen LogP contribution < -0.4 is 20.1 Å². The van der Waals surface area contributed by atoms with Crippen LogP contribution in [-0.4, -0.2) is 47.8 Å². The van der Waals surface area contributed by atoms with Crippen LogP contribution in [-0.2, 0) is 4.74 Å². The molecule has 3 aliphatic rings. The molecule has 3 N–H and O–H groups in total. The lowest BCUT2D eigenvalue weighted by Gasteiger charge is -2.38. The minimum atomic E-state index is -0.494. The number of hydrogen-bond donors (Lipinski definition) is 3. The maximum Gasteiger partial charge on any atom is 0.255 e. The van der Waals surface area contributed by atoms with E-state index in [2.05, 4.69) is 20.6 Å². The van der Waals surface area contributed by atoms with Crippen molar-refractivity contribution >= 4 is 17.3 Å². The van der Waals surface area contributed by atoms with Crippen LogP contribution in [0.15, 0.2) is 36.7 Å². The minimum Gasteiger partial charge on any atom is -0.492 e. The molecule has 1 amide bonds. The summed E-state index contributed by atoms with van der Waals surface area (Å²) in [5.74, 6) is 0.211. The summed E-state index contributed by atoms with van der Waals surface area (Å²) in [6.07, 6.45) is 5.14. The van der Waals surface area contributed by atoms with E-state index in [0.29, 0.717) is 35.0 Å². The number of rotatable bonds is 7. The van der Waals surface area contributed by atoms with Crippen molar-refractivity contribution < 1.29 is 23.4 Å². The number of H-pyrrole nitrogens is 1. The van der Waals surface area contributed by atoms with Gasteiger partial charge in [-0.15, -0.1) is 0 Å². The fourth-order valence-electron chi connectivity index (χ4n) is 4.72. The van der Waals surface area contributed by atoms with E-state index in [-0.39, 0.29) is 29.2 Å². The van der Waals surface area contributed by atoms with Crippen LogP contribution >= 0.6 is 0 Å². The van der Waals surface area contributed by atoms with Crippen molar-refractivity contribution in [3.8, 4) is 22.8 Å². The molecule has 2 aliphatic heterocycles. The van der Waals surface area contributed by atoms with Crippen molar-refractivity contribution in [3.63, 3.8) is 0 Å². The number of para-hydroxylation sites is 1. The Hall–Kier alpha value is -3.59. The Morgan fingerprint density at radius 1 is 1.35 bits per heavy atom. The van der Waals surface area contributed by atoms with Crippen LogP contribution in [0.1, 0.15) is 41.7 Å². The molecular formula is C25H25FN4O4. The highest BCUT2D eigenvalue weighted by Crippen LogP contribution is 2.51. The number of halogens is 1. The SMILES string of the molecule is COc1c(F)cccc1Nc1c(-c2ccncc2OC[C@@]2(C)CCO2)[nH]c2c1C(=O)NC1C[C@H]21. The van der Waals surface area contributed by atoms with Gasteiger partial charge >= 0.3 is 0 Å². The average Bonchev–Trinajstić information content (AvgIpc) is 3.49. The number of hydrogen-bond acceptors (Lipinski definition) is 6. The molecule has 1 saturated carbocycles. The van der Waals surface area contributed by atoms with Gasteiger partial charge < -0.3 is 29.8 Å².